The zero-order valence-electron chi connectivity index (χ0n) is 18.0. The van der Waals surface area contributed by atoms with Crippen molar-refractivity contribution in [3.8, 4) is 11.5 Å². The van der Waals surface area contributed by atoms with Crippen molar-refractivity contribution in [1.29, 1.82) is 0 Å². The van der Waals surface area contributed by atoms with Crippen molar-refractivity contribution in [3.05, 3.63) is 23.8 Å². The highest BCUT2D eigenvalue weighted by atomic mass is 127. The van der Waals surface area contributed by atoms with Crippen molar-refractivity contribution in [3.63, 3.8) is 0 Å². The standard InChI is InChI=1S/C20H31F3N4O2.HI/c1-5-24-19(27-11-9-26(10-12-27)15(3)20(21,22)23)25-14-16-7-8-17(29-6-2)18(13-16)28-4;/h7-8,13,15H,5-6,9-12,14H2,1-4H3,(H,24,25);1H. The molecule has 10 heteroatoms. The molecule has 6 nitrogen and oxygen atoms in total. The van der Waals surface area contributed by atoms with Gasteiger partial charge >= 0.3 is 6.18 Å². The zero-order valence-corrected chi connectivity index (χ0v) is 20.3. The van der Waals surface area contributed by atoms with Crippen molar-refractivity contribution in [2.75, 3.05) is 46.4 Å². The topological polar surface area (TPSA) is 49.3 Å². The summed E-state index contributed by atoms with van der Waals surface area (Å²) >= 11 is 0. The van der Waals surface area contributed by atoms with Crippen LogP contribution in [0.4, 0.5) is 13.2 Å². The van der Waals surface area contributed by atoms with Gasteiger partial charge in [-0.2, -0.15) is 13.2 Å². The van der Waals surface area contributed by atoms with Crippen molar-refractivity contribution >= 4 is 29.9 Å². The molecule has 1 saturated heterocycles. The number of ether oxygens (including phenoxy) is 2. The molecule has 0 saturated carbocycles. The molecular weight excluding hydrogens is 512 g/mol. The van der Waals surface area contributed by atoms with Crippen LogP contribution in [0.3, 0.4) is 0 Å². The number of nitrogens with zero attached hydrogens (tertiary/aromatic N) is 3. The normalized spacial score (nSPS) is 16.6. The van der Waals surface area contributed by atoms with E-state index in [4.69, 9.17) is 9.47 Å². The minimum Gasteiger partial charge on any atom is -0.493 e. The van der Waals surface area contributed by atoms with Gasteiger partial charge in [-0.15, -0.1) is 24.0 Å². The second-order valence-corrected chi connectivity index (χ2v) is 6.83. The van der Waals surface area contributed by atoms with Gasteiger partial charge in [-0.3, -0.25) is 4.90 Å². The molecule has 0 aromatic heterocycles. The Morgan fingerprint density at radius 2 is 1.83 bits per heavy atom. The maximum atomic E-state index is 12.9. The Balaban J connectivity index is 0.00000450. The summed E-state index contributed by atoms with van der Waals surface area (Å²) in [6.07, 6.45) is -4.20. The lowest BCUT2D eigenvalue weighted by atomic mass is 10.2. The molecule has 1 aromatic rings. The van der Waals surface area contributed by atoms with Crippen molar-refractivity contribution in [1.82, 2.24) is 15.1 Å². The van der Waals surface area contributed by atoms with E-state index in [-0.39, 0.29) is 24.0 Å². The fourth-order valence-corrected chi connectivity index (χ4v) is 3.21. The number of benzene rings is 1. The number of rotatable bonds is 7. The number of alkyl halides is 3. The zero-order chi connectivity index (χ0) is 21.4. The van der Waals surface area contributed by atoms with E-state index in [1.807, 2.05) is 36.9 Å². The van der Waals surface area contributed by atoms with E-state index in [1.165, 1.54) is 11.8 Å². The number of halogens is 4. The molecular formula is C20H32F3IN4O2. The molecule has 1 fully saturated rings. The van der Waals surface area contributed by atoms with Crippen LogP contribution >= 0.6 is 24.0 Å². The third-order valence-electron chi connectivity index (χ3n) is 4.91. The maximum Gasteiger partial charge on any atom is 0.403 e. The Hall–Kier alpha value is -1.43. The molecule has 1 N–H and O–H groups in total. The number of methoxy groups -OCH3 is 1. The number of piperazine rings is 1. The van der Waals surface area contributed by atoms with Crippen LogP contribution in [-0.2, 0) is 6.54 Å². The molecule has 30 heavy (non-hydrogen) atoms. The van der Waals surface area contributed by atoms with E-state index in [1.54, 1.807) is 7.11 Å². The Morgan fingerprint density at radius 1 is 1.17 bits per heavy atom. The van der Waals surface area contributed by atoms with Gasteiger partial charge in [0.2, 0.25) is 0 Å². The van der Waals surface area contributed by atoms with Crippen LogP contribution in [0.5, 0.6) is 11.5 Å². The Kier molecular flexibility index (Phi) is 11.0. The first kappa shape index (κ1) is 26.6. The molecule has 0 bridgehead atoms. The molecule has 1 aliphatic rings. The second-order valence-electron chi connectivity index (χ2n) is 6.83. The molecule has 0 aliphatic carbocycles. The summed E-state index contributed by atoms with van der Waals surface area (Å²) in [5.41, 5.74) is 0.963. The van der Waals surface area contributed by atoms with Crippen LogP contribution in [0.25, 0.3) is 0 Å². The second kappa shape index (κ2) is 12.4. The SMILES string of the molecule is CCNC(=NCc1ccc(OCC)c(OC)c1)N1CCN(C(C)C(F)(F)F)CC1.I. The summed E-state index contributed by atoms with van der Waals surface area (Å²) in [4.78, 5) is 8.15. The van der Waals surface area contributed by atoms with Crippen LogP contribution in [0.15, 0.2) is 23.2 Å². The highest BCUT2D eigenvalue weighted by molar-refractivity contribution is 14.0. The predicted molar refractivity (Wildman–Crippen MR) is 123 cm³/mol. The summed E-state index contributed by atoms with van der Waals surface area (Å²) in [5.74, 6) is 2.04. The van der Waals surface area contributed by atoms with Gasteiger partial charge in [0.1, 0.15) is 6.04 Å². The first-order valence-electron chi connectivity index (χ1n) is 9.93. The molecule has 0 spiro atoms. The third kappa shape index (κ3) is 7.36. The Morgan fingerprint density at radius 3 is 2.37 bits per heavy atom. The lowest BCUT2D eigenvalue weighted by molar-refractivity contribution is -0.181. The van der Waals surface area contributed by atoms with Gasteiger partial charge in [-0.05, 0) is 38.5 Å². The van der Waals surface area contributed by atoms with Crippen LogP contribution in [0.1, 0.15) is 26.3 Å². The predicted octanol–water partition coefficient (Wildman–Crippen LogP) is 3.75. The quantitative estimate of drug-likeness (QED) is 0.322. The van der Waals surface area contributed by atoms with Gasteiger partial charge in [0.25, 0.3) is 0 Å². The lowest BCUT2D eigenvalue weighted by Crippen LogP contribution is -2.56. The highest BCUT2D eigenvalue weighted by Crippen LogP contribution is 2.28. The largest absolute Gasteiger partial charge is 0.493 e. The van der Waals surface area contributed by atoms with Gasteiger partial charge in [0.15, 0.2) is 17.5 Å². The number of hydrogen-bond acceptors (Lipinski definition) is 4. The summed E-state index contributed by atoms with van der Waals surface area (Å²) in [6, 6.07) is 4.25. The van der Waals surface area contributed by atoms with Gasteiger partial charge in [-0.25, -0.2) is 4.99 Å². The van der Waals surface area contributed by atoms with Gasteiger partial charge in [0.05, 0.1) is 20.3 Å². The van der Waals surface area contributed by atoms with Crippen LogP contribution in [0.2, 0.25) is 0 Å². The van der Waals surface area contributed by atoms with Crippen LogP contribution < -0.4 is 14.8 Å². The summed E-state index contributed by atoms with van der Waals surface area (Å²) in [6.45, 7) is 8.47. The molecule has 1 aromatic carbocycles. The third-order valence-corrected chi connectivity index (χ3v) is 4.91. The smallest absolute Gasteiger partial charge is 0.403 e. The summed E-state index contributed by atoms with van der Waals surface area (Å²) in [7, 11) is 1.59. The van der Waals surface area contributed by atoms with Crippen LogP contribution in [0, 0.1) is 0 Å². The lowest BCUT2D eigenvalue weighted by Gasteiger charge is -2.39. The van der Waals surface area contributed by atoms with Crippen molar-refractivity contribution < 1.29 is 22.6 Å². The first-order valence-corrected chi connectivity index (χ1v) is 9.93. The summed E-state index contributed by atoms with van der Waals surface area (Å²) < 4.78 is 49.7. The van der Waals surface area contributed by atoms with E-state index in [2.05, 4.69) is 10.3 Å². The fourth-order valence-electron chi connectivity index (χ4n) is 3.21. The highest BCUT2D eigenvalue weighted by Gasteiger charge is 2.41. The van der Waals surface area contributed by atoms with Crippen LogP contribution in [-0.4, -0.2) is 74.4 Å². The van der Waals surface area contributed by atoms with E-state index in [9.17, 15) is 13.2 Å². The first-order chi connectivity index (χ1) is 13.8. The average molecular weight is 544 g/mol. The molecule has 0 amide bonds. The van der Waals surface area contributed by atoms with E-state index >= 15 is 0 Å². The summed E-state index contributed by atoms with van der Waals surface area (Å²) in [5, 5.41) is 3.24. The number of aliphatic imine (C=N–C) groups is 1. The minimum atomic E-state index is -4.20. The van der Waals surface area contributed by atoms with E-state index in [0.29, 0.717) is 63.3 Å². The minimum absolute atomic E-state index is 0. The molecule has 1 unspecified atom stereocenters. The Labute approximate surface area is 193 Å². The van der Waals surface area contributed by atoms with E-state index in [0.717, 1.165) is 5.56 Å². The molecule has 1 heterocycles. The Bertz CT molecular complexity index is 681. The number of nitrogens with one attached hydrogen (secondary N) is 1. The van der Waals surface area contributed by atoms with E-state index < -0.39 is 12.2 Å². The maximum absolute atomic E-state index is 12.9. The van der Waals surface area contributed by atoms with Gasteiger partial charge in [-0.1, -0.05) is 6.07 Å². The van der Waals surface area contributed by atoms with Crippen molar-refractivity contribution in [2.45, 2.75) is 39.5 Å². The van der Waals surface area contributed by atoms with Gasteiger partial charge in [0, 0.05) is 32.7 Å². The molecule has 1 aliphatic heterocycles. The fraction of sp³-hybridized carbons (Fsp3) is 0.650. The molecule has 172 valence electrons. The molecule has 0 radical (unpaired) electrons. The molecule has 1 atom stereocenters. The number of guanidine groups is 1. The average Bonchev–Trinajstić information content (AvgIpc) is 2.71. The molecule has 2 rings (SSSR count). The number of hydrogen-bond donors (Lipinski definition) is 1. The monoisotopic (exact) mass is 544 g/mol. The van der Waals surface area contributed by atoms with Gasteiger partial charge < -0.3 is 19.7 Å². The van der Waals surface area contributed by atoms with Crippen molar-refractivity contribution in [2.24, 2.45) is 4.99 Å².